The number of nitro benzene ring substituents is 1. The third-order valence-electron chi connectivity index (χ3n) is 11.8. The smallest absolute Gasteiger partial charge is 0.340 e. The summed E-state index contributed by atoms with van der Waals surface area (Å²) in [5.41, 5.74) is 0.751. The molecule has 0 spiro atoms. The van der Waals surface area contributed by atoms with Crippen molar-refractivity contribution >= 4 is 40.7 Å². The van der Waals surface area contributed by atoms with Gasteiger partial charge in [-0.1, -0.05) is 168 Å². The van der Waals surface area contributed by atoms with Crippen LogP contribution in [0.3, 0.4) is 0 Å². The molecule has 0 aliphatic carbocycles. The molecule has 67 heavy (non-hydrogen) atoms. The van der Waals surface area contributed by atoms with Crippen LogP contribution in [0.4, 0.5) is 22.7 Å². The van der Waals surface area contributed by atoms with Gasteiger partial charge in [0.15, 0.2) is 12.5 Å². The van der Waals surface area contributed by atoms with Gasteiger partial charge in [0.2, 0.25) is 0 Å². The fourth-order valence-electron chi connectivity index (χ4n) is 7.73. The molecule has 0 saturated heterocycles. The van der Waals surface area contributed by atoms with Crippen LogP contribution in [0.1, 0.15) is 204 Å². The quantitative estimate of drug-likeness (QED) is 0.0118. The summed E-state index contributed by atoms with van der Waals surface area (Å²) < 4.78 is 26.3. The van der Waals surface area contributed by atoms with Crippen LogP contribution < -0.4 is 4.90 Å². The number of hydrogen-bond acceptors (Lipinski definition) is 13. The van der Waals surface area contributed by atoms with E-state index in [2.05, 4.69) is 24.1 Å². The molecule has 378 valence electrons. The Kier molecular flexibility index (Phi) is 35.6. The van der Waals surface area contributed by atoms with Gasteiger partial charge in [-0.2, -0.15) is 5.11 Å². The Morgan fingerprint density at radius 3 is 1.43 bits per heavy atom. The van der Waals surface area contributed by atoms with E-state index < -0.39 is 16.6 Å². The van der Waals surface area contributed by atoms with E-state index in [-0.39, 0.29) is 49.8 Å². The maximum atomic E-state index is 12.6. The lowest BCUT2D eigenvalue weighted by Crippen LogP contribution is -2.32. The summed E-state index contributed by atoms with van der Waals surface area (Å²) in [6, 6.07) is 10.9. The Morgan fingerprint density at radius 1 is 0.552 bits per heavy atom. The van der Waals surface area contributed by atoms with Crippen molar-refractivity contribution < 1.29 is 43.0 Å². The average molecular weight is 939 g/mol. The van der Waals surface area contributed by atoms with Gasteiger partial charge in [0.05, 0.1) is 42.5 Å². The number of anilines is 1. The molecule has 0 N–H and O–H groups in total. The summed E-state index contributed by atoms with van der Waals surface area (Å²) >= 11 is 0. The fraction of sp³-hybridized carbons (Fsp3) is 0.717. The summed E-state index contributed by atoms with van der Waals surface area (Å²) in [4.78, 5) is 50.9. The van der Waals surface area contributed by atoms with Gasteiger partial charge in [-0.05, 0) is 49.2 Å². The predicted octanol–water partition coefficient (Wildman–Crippen LogP) is 14.6. The van der Waals surface area contributed by atoms with Crippen LogP contribution in [0.2, 0.25) is 0 Å². The van der Waals surface area contributed by atoms with Crippen molar-refractivity contribution in [2.75, 3.05) is 58.3 Å². The Labute approximate surface area is 402 Å². The highest BCUT2D eigenvalue weighted by atomic mass is 16.7. The average Bonchev–Trinajstić information content (AvgIpc) is 3.33. The van der Waals surface area contributed by atoms with Crippen molar-refractivity contribution in [3.05, 3.63) is 58.1 Å². The van der Waals surface area contributed by atoms with Crippen molar-refractivity contribution in [3.63, 3.8) is 0 Å². The topological polar surface area (TPSA) is 168 Å². The van der Waals surface area contributed by atoms with Crippen LogP contribution >= 0.6 is 0 Å². The number of nitro groups is 1. The third kappa shape index (κ3) is 30.5. The van der Waals surface area contributed by atoms with Crippen LogP contribution in [-0.2, 0) is 33.3 Å². The molecule has 0 aromatic heterocycles. The van der Waals surface area contributed by atoms with Crippen molar-refractivity contribution in [2.24, 2.45) is 10.2 Å². The zero-order chi connectivity index (χ0) is 48.4. The number of rotatable bonds is 44. The maximum absolute atomic E-state index is 12.6. The zero-order valence-corrected chi connectivity index (χ0v) is 41.7. The molecule has 0 atom stereocenters. The lowest BCUT2D eigenvalue weighted by molar-refractivity contribution is -0.384. The molecule has 0 radical (unpaired) electrons. The standard InChI is InChI=1S/C53H86N4O10/c1-4-6-8-10-12-14-16-18-20-22-24-26-28-30-51(58)65-40-38-56(39-41-66-52(59)31-29-27-25-23-21-19-17-15-13-11-9-7-5-2)48-35-33-47(34-36-48)54-55-49-37-32-46(44-50(49)57(61)62)53(60)67-45-64-43-42-63-3/h32-37,44H,4-31,38-43,45H2,1-3H3. The highest BCUT2D eigenvalue weighted by Gasteiger charge is 2.19. The molecular weight excluding hydrogens is 853 g/mol. The van der Waals surface area contributed by atoms with E-state index in [1.54, 1.807) is 12.1 Å². The number of azo groups is 1. The molecule has 14 heteroatoms. The second-order valence-corrected chi connectivity index (χ2v) is 17.5. The third-order valence-corrected chi connectivity index (χ3v) is 11.8. The van der Waals surface area contributed by atoms with Crippen molar-refractivity contribution in [1.29, 1.82) is 0 Å². The first kappa shape index (κ1) is 58.7. The van der Waals surface area contributed by atoms with E-state index in [1.807, 2.05) is 17.0 Å². The molecule has 0 aliphatic heterocycles. The lowest BCUT2D eigenvalue weighted by atomic mass is 10.0. The minimum absolute atomic E-state index is 0.0269. The van der Waals surface area contributed by atoms with E-state index in [0.717, 1.165) is 50.3 Å². The van der Waals surface area contributed by atoms with Crippen LogP contribution in [-0.4, -0.2) is 76.3 Å². The first-order valence-electron chi connectivity index (χ1n) is 25.9. The highest BCUT2D eigenvalue weighted by molar-refractivity contribution is 5.91. The summed E-state index contributed by atoms with van der Waals surface area (Å²) in [6.45, 7) is 5.89. The molecule has 0 saturated carbocycles. The molecule has 2 aromatic carbocycles. The van der Waals surface area contributed by atoms with Gasteiger partial charge in [0.1, 0.15) is 13.2 Å². The Bertz CT molecular complexity index is 1580. The van der Waals surface area contributed by atoms with Crippen LogP contribution in [0.25, 0.3) is 0 Å². The van der Waals surface area contributed by atoms with E-state index in [4.69, 9.17) is 23.7 Å². The highest BCUT2D eigenvalue weighted by Crippen LogP contribution is 2.31. The zero-order valence-electron chi connectivity index (χ0n) is 41.7. The number of carbonyl (C=O) groups is 3. The van der Waals surface area contributed by atoms with Crippen LogP contribution in [0.15, 0.2) is 52.7 Å². The lowest BCUT2D eigenvalue weighted by Gasteiger charge is -2.24. The van der Waals surface area contributed by atoms with E-state index in [0.29, 0.717) is 38.2 Å². The molecule has 0 unspecified atom stereocenters. The maximum Gasteiger partial charge on any atom is 0.340 e. The van der Waals surface area contributed by atoms with Gasteiger partial charge in [-0.3, -0.25) is 19.7 Å². The first-order valence-corrected chi connectivity index (χ1v) is 25.9. The second-order valence-electron chi connectivity index (χ2n) is 17.5. The summed E-state index contributed by atoms with van der Waals surface area (Å²) in [7, 11) is 1.52. The SMILES string of the molecule is CCCCCCCCCCCCCCCC(=O)OCCN(CCOC(=O)CCCCCCCCCCCCCCC)c1ccc(N=Nc2ccc(C(=O)OCOCCOC)cc2[N+](=O)[O-])cc1. The number of hydrogen-bond donors (Lipinski definition) is 0. The van der Waals surface area contributed by atoms with Crippen molar-refractivity contribution in [3.8, 4) is 0 Å². The second kappa shape index (κ2) is 40.6. The monoisotopic (exact) mass is 939 g/mol. The van der Waals surface area contributed by atoms with Crippen LogP contribution in [0, 0.1) is 10.1 Å². The number of benzene rings is 2. The molecule has 0 heterocycles. The van der Waals surface area contributed by atoms with Crippen molar-refractivity contribution in [1.82, 2.24) is 0 Å². The molecule has 0 bridgehead atoms. The van der Waals surface area contributed by atoms with Gasteiger partial charge >= 0.3 is 17.9 Å². The molecule has 2 aromatic rings. The minimum atomic E-state index is -0.779. The molecule has 2 rings (SSSR count). The van der Waals surface area contributed by atoms with Gasteiger partial charge in [-0.25, -0.2) is 4.79 Å². The first-order chi connectivity index (χ1) is 32.8. The van der Waals surface area contributed by atoms with Crippen molar-refractivity contribution in [2.45, 2.75) is 194 Å². The minimum Gasteiger partial charge on any atom is -0.464 e. The van der Waals surface area contributed by atoms with E-state index in [9.17, 15) is 24.5 Å². The molecule has 14 nitrogen and oxygen atoms in total. The van der Waals surface area contributed by atoms with E-state index in [1.165, 1.54) is 148 Å². The number of carbonyl (C=O) groups excluding carboxylic acids is 3. The number of unbranched alkanes of at least 4 members (excludes halogenated alkanes) is 24. The molecule has 0 amide bonds. The van der Waals surface area contributed by atoms with Gasteiger partial charge in [-0.15, -0.1) is 5.11 Å². The Morgan fingerprint density at radius 2 is 1.00 bits per heavy atom. The van der Waals surface area contributed by atoms with E-state index >= 15 is 0 Å². The largest absolute Gasteiger partial charge is 0.464 e. The Balaban J connectivity index is 1.87. The summed E-state index contributed by atoms with van der Waals surface area (Å²) in [5, 5.41) is 20.2. The normalized spacial score (nSPS) is 11.3. The number of nitrogens with zero attached hydrogens (tertiary/aromatic N) is 4. The molecule has 0 aliphatic rings. The number of esters is 3. The fourth-order valence-corrected chi connectivity index (χ4v) is 7.73. The van der Waals surface area contributed by atoms with Crippen LogP contribution in [0.5, 0.6) is 0 Å². The molecular formula is C53H86N4O10. The van der Waals surface area contributed by atoms with Gasteiger partial charge in [0.25, 0.3) is 5.69 Å². The molecule has 0 fully saturated rings. The number of ether oxygens (including phenoxy) is 5. The Hall–Kier alpha value is -4.43. The number of methoxy groups -OCH3 is 1. The van der Waals surface area contributed by atoms with Gasteiger partial charge in [0, 0.05) is 31.7 Å². The van der Waals surface area contributed by atoms with Gasteiger partial charge < -0.3 is 28.6 Å². The summed E-state index contributed by atoms with van der Waals surface area (Å²) in [6.07, 6.45) is 33.1. The summed E-state index contributed by atoms with van der Waals surface area (Å²) in [5.74, 6) is -1.21. The predicted molar refractivity (Wildman–Crippen MR) is 267 cm³/mol.